The van der Waals surface area contributed by atoms with Crippen LogP contribution in [0, 0.1) is 20.8 Å². The molecule has 7 rings (SSSR count). The molecule has 292 valence electrons. The summed E-state index contributed by atoms with van der Waals surface area (Å²) < 4.78 is 28.1. The number of aryl methyl sites for hydroxylation is 3. The zero-order valence-electron chi connectivity index (χ0n) is 33.7. The quantitative estimate of drug-likeness (QED) is 0.160. The molecule has 0 aromatic carbocycles. The molecule has 6 aromatic rings. The summed E-state index contributed by atoms with van der Waals surface area (Å²) in [4.78, 5) is 40.6. The Bertz CT molecular complexity index is 2370. The number of aromatic amines is 1. The molecule has 0 spiro atoms. The van der Waals surface area contributed by atoms with Crippen LogP contribution in [-0.2, 0) is 18.8 Å². The van der Waals surface area contributed by atoms with Crippen LogP contribution in [0.15, 0.2) is 64.3 Å². The van der Waals surface area contributed by atoms with Crippen LogP contribution in [0.3, 0.4) is 0 Å². The Morgan fingerprint density at radius 3 is 1.62 bits per heavy atom. The first-order valence-electron chi connectivity index (χ1n) is 17.9. The highest BCUT2D eigenvalue weighted by Gasteiger charge is 2.52. The van der Waals surface area contributed by atoms with Crippen LogP contribution in [0.5, 0.6) is 0 Å². The van der Waals surface area contributed by atoms with Gasteiger partial charge in [0.05, 0.1) is 11.2 Å². The predicted octanol–water partition coefficient (Wildman–Crippen LogP) is 9.95. The molecule has 12 nitrogen and oxygen atoms in total. The van der Waals surface area contributed by atoms with Gasteiger partial charge in [0, 0.05) is 62.3 Å². The van der Waals surface area contributed by atoms with Crippen LogP contribution in [0.1, 0.15) is 85.9 Å². The molecule has 55 heavy (non-hydrogen) atoms. The van der Waals surface area contributed by atoms with Crippen molar-refractivity contribution >= 4 is 89.7 Å². The smallest absolute Gasteiger partial charge is 0.443 e. The van der Waals surface area contributed by atoms with Crippen molar-refractivity contribution in [2.24, 2.45) is 0 Å². The highest BCUT2D eigenvalue weighted by Crippen LogP contribution is 2.37. The van der Waals surface area contributed by atoms with Gasteiger partial charge in [-0.05, 0) is 162 Å². The first-order chi connectivity index (χ1) is 25.4. The molecule has 0 unspecified atom stereocenters. The number of halogens is 2. The number of carbonyl (C=O) groups excluding carboxylic acids is 2. The van der Waals surface area contributed by atoms with Crippen molar-refractivity contribution in [2.45, 2.75) is 112 Å². The number of ether oxygens (including phenoxy) is 2. The van der Waals surface area contributed by atoms with E-state index in [2.05, 4.69) is 58.7 Å². The van der Waals surface area contributed by atoms with Gasteiger partial charge in [-0.1, -0.05) is 0 Å². The highest BCUT2D eigenvalue weighted by molar-refractivity contribution is 9.11. The van der Waals surface area contributed by atoms with Gasteiger partial charge in [0.1, 0.15) is 22.5 Å². The van der Waals surface area contributed by atoms with Crippen LogP contribution in [0.25, 0.3) is 33.1 Å². The summed E-state index contributed by atoms with van der Waals surface area (Å²) in [5, 5.41) is 2.97. The number of nitrogens with zero attached hydrogens (tertiary/aromatic N) is 5. The van der Waals surface area contributed by atoms with Gasteiger partial charge in [0.2, 0.25) is 0 Å². The monoisotopic (exact) mass is 878 g/mol. The molecule has 7 heterocycles. The van der Waals surface area contributed by atoms with Crippen LogP contribution >= 0.6 is 31.9 Å². The average molecular weight is 880 g/mol. The largest absolute Gasteiger partial charge is 0.495 e. The Balaban J connectivity index is 0.000000172. The Hall–Kier alpha value is -4.05. The average Bonchev–Trinajstić information content (AvgIpc) is 3.78. The molecule has 1 saturated heterocycles. The van der Waals surface area contributed by atoms with Gasteiger partial charge in [-0.3, -0.25) is 0 Å². The molecule has 1 fully saturated rings. The van der Waals surface area contributed by atoms with Crippen molar-refractivity contribution < 1.29 is 28.4 Å². The fourth-order valence-corrected chi connectivity index (χ4v) is 7.13. The zero-order chi connectivity index (χ0) is 40.8. The van der Waals surface area contributed by atoms with Crippen molar-refractivity contribution in [3.63, 3.8) is 0 Å². The molecule has 0 atom stereocenters. The summed E-state index contributed by atoms with van der Waals surface area (Å²) in [5.41, 5.74) is 4.12. The molecule has 15 heteroatoms. The third-order valence-corrected chi connectivity index (χ3v) is 10.5. The van der Waals surface area contributed by atoms with E-state index in [9.17, 15) is 9.59 Å². The number of H-pyrrole nitrogens is 1. The second kappa shape index (κ2) is 15.5. The Kier molecular flexibility index (Phi) is 11.8. The predicted molar refractivity (Wildman–Crippen MR) is 224 cm³/mol. The second-order valence-corrected chi connectivity index (χ2v) is 18.2. The van der Waals surface area contributed by atoms with Crippen LogP contribution in [0.2, 0.25) is 0 Å². The Morgan fingerprint density at radius 2 is 1.13 bits per heavy atom. The Morgan fingerprint density at radius 1 is 0.691 bits per heavy atom. The van der Waals surface area contributed by atoms with E-state index in [-0.39, 0.29) is 0 Å². The molecular formula is C40H49BBr2N6O6. The zero-order valence-corrected chi connectivity index (χ0v) is 36.9. The number of rotatable bonds is 1. The minimum atomic E-state index is -0.578. The molecule has 1 aliphatic heterocycles. The van der Waals surface area contributed by atoms with Gasteiger partial charge < -0.3 is 23.8 Å². The molecule has 0 bridgehead atoms. The van der Waals surface area contributed by atoms with Crippen molar-refractivity contribution in [1.82, 2.24) is 29.1 Å². The number of hydrogen-bond donors (Lipinski definition) is 1. The van der Waals surface area contributed by atoms with E-state index in [0.717, 1.165) is 42.0 Å². The second-order valence-electron chi connectivity index (χ2n) is 16.5. The van der Waals surface area contributed by atoms with E-state index < -0.39 is 41.7 Å². The number of hydrogen-bond acceptors (Lipinski definition) is 9. The van der Waals surface area contributed by atoms with Gasteiger partial charge >= 0.3 is 19.3 Å². The van der Waals surface area contributed by atoms with Crippen molar-refractivity contribution in [3.05, 3.63) is 81.0 Å². The van der Waals surface area contributed by atoms with Gasteiger partial charge in [-0.15, -0.1) is 0 Å². The number of carbonyl (C=O) groups is 2. The maximum atomic E-state index is 12.6. The number of fused-ring (bicyclic) bond motifs is 3. The summed E-state index contributed by atoms with van der Waals surface area (Å²) in [7, 11) is -0.515. The van der Waals surface area contributed by atoms with Crippen molar-refractivity contribution in [2.75, 3.05) is 0 Å². The minimum absolute atomic E-state index is 0.411. The van der Waals surface area contributed by atoms with Gasteiger partial charge in [-0.25, -0.2) is 33.7 Å². The molecule has 0 radical (unpaired) electrons. The fourth-order valence-electron chi connectivity index (χ4n) is 5.90. The summed E-state index contributed by atoms with van der Waals surface area (Å²) in [6, 6.07) is 5.69. The van der Waals surface area contributed by atoms with Crippen LogP contribution in [0.4, 0.5) is 9.59 Å². The Labute approximate surface area is 339 Å². The van der Waals surface area contributed by atoms with Gasteiger partial charge in [-0.2, -0.15) is 0 Å². The summed E-state index contributed by atoms with van der Waals surface area (Å²) in [6.07, 6.45) is 9.71. The van der Waals surface area contributed by atoms with E-state index in [1.165, 1.54) is 20.1 Å². The maximum absolute atomic E-state index is 12.6. The highest BCUT2D eigenvalue weighted by atomic mass is 79.9. The third kappa shape index (κ3) is 9.17. The lowest BCUT2D eigenvalue weighted by molar-refractivity contribution is 0.00578. The van der Waals surface area contributed by atoms with Crippen molar-refractivity contribution in [3.8, 4) is 0 Å². The first kappa shape index (κ1) is 42.1. The summed E-state index contributed by atoms with van der Waals surface area (Å²) in [6.45, 7) is 25.1. The minimum Gasteiger partial charge on any atom is -0.443 e. The normalized spacial score (nSPS) is 15.1. The topological polar surface area (TPSA) is 135 Å². The third-order valence-electron chi connectivity index (χ3n) is 9.14. The molecule has 0 aliphatic carbocycles. The van der Waals surface area contributed by atoms with E-state index >= 15 is 0 Å². The van der Waals surface area contributed by atoms with Crippen molar-refractivity contribution in [1.29, 1.82) is 0 Å². The van der Waals surface area contributed by atoms with E-state index in [1.807, 2.05) is 107 Å². The standard InChI is InChI=1S/C19H27BN2O4.C13H15BrN2O2.C8H7BrN2/c1-12-11-22(16(23)24-17(2,3)4)15-14(12)13(9-10-21-15)20-25-18(5,6)19(7,8)26-20;1-8-7-16(12(17)18-13(2,3)4)11-10(8)9(14)5-6-15-11;1-5-4-11-8-7(5)6(9)2-3-10-8/h9-11H,1-8H3;5-7H,1-4H3;2-4H,1H3,(H,10,11). The SMILES string of the molecule is Cc1c[nH]c2nccc(Br)c12.Cc1cn(C(=O)OC(C)(C)C)c2nccc(B3OC(C)(C)C(C)(C)O3)c12.Cc1cn(C(=O)OC(C)(C)C)c2nccc(Br)c12. The summed E-state index contributed by atoms with van der Waals surface area (Å²) in [5.74, 6) is 0. The molecule has 6 aromatic heterocycles. The van der Waals surface area contributed by atoms with E-state index in [1.54, 1.807) is 31.0 Å². The van der Waals surface area contributed by atoms with E-state index in [0.29, 0.717) is 11.3 Å². The first-order valence-corrected chi connectivity index (χ1v) is 19.5. The number of nitrogens with one attached hydrogen (secondary N) is 1. The van der Waals surface area contributed by atoms with Gasteiger partial charge in [0.15, 0.2) is 5.65 Å². The fraction of sp³-hybridized carbons (Fsp3) is 0.425. The molecule has 0 saturated carbocycles. The number of pyridine rings is 3. The lowest BCUT2D eigenvalue weighted by atomic mass is 9.77. The lowest BCUT2D eigenvalue weighted by Gasteiger charge is -2.32. The molecule has 0 amide bonds. The van der Waals surface area contributed by atoms with E-state index in [4.69, 9.17) is 18.8 Å². The molecule has 1 aliphatic rings. The van der Waals surface area contributed by atoms with Crippen LogP contribution in [-0.4, -0.2) is 70.8 Å². The lowest BCUT2D eigenvalue weighted by Crippen LogP contribution is -2.41. The van der Waals surface area contributed by atoms with Crippen LogP contribution < -0.4 is 5.46 Å². The molecular weight excluding hydrogens is 831 g/mol. The number of aromatic nitrogens is 6. The summed E-state index contributed by atoms with van der Waals surface area (Å²) >= 11 is 6.93. The maximum Gasteiger partial charge on any atom is 0.495 e. The van der Waals surface area contributed by atoms with Gasteiger partial charge in [0.25, 0.3) is 0 Å². The molecule has 1 N–H and O–H groups in total.